The van der Waals surface area contributed by atoms with Crippen molar-refractivity contribution < 1.29 is 28.8 Å². The average molecular weight is 398 g/mol. The summed E-state index contributed by atoms with van der Waals surface area (Å²) in [5, 5.41) is 10.9. The van der Waals surface area contributed by atoms with Gasteiger partial charge in [-0.25, -0.2) is 0 Å². The summed E-state index contributed by atoms with van der Waals surface area (Å²) in [5.41, 5.74) is 0.952. The molecular weight excluding hydrogens is 380 g/mol. The Bertz CT molecular complexity index is 952. The predicted octanol–water partition coefficient (Wildman–Crippen LogP) is 2.72. The SMILES string of the molecule is COc1ccc([N+](=O)[O-])cc1COC(=O)CCCN1C(=O)c2ccccc2C1=O. The second kappa shape index (κ2) is 8.51. The zero-order valence-electron chi connectivity index (χ0n) is 15.6. The molecule has 0 aliphatic carbocycles. The quantitative estimate of drug-likeness (QED) is 0.290. The van der Waals surface area contributed by atoms with Crippen molar-refractivity contribution in [1.82, 2.24) is 4.90 Å². The maximum atomic E-state index is 12.3. The van der Waals surface area contributed by atoms with Crippen molar-refractivity contribution in [3.05, 3.63) is 69.3 Å². The summed E-state index contributed by atoms with van der Waals surface area (Å²) < 4.78 is 10.3. The molecule has 1 aliphatic rings. The highest BCUT2D eigenvalue weighted by molar-refractivity contribution is 6.21. The summed E-state index contributed by atoms with van der Waals surface area (Å²) in [6.07, 6.45) is 0.237. The number of benzene rings is 2. The summed E-state index contributed by atoms with van der Waals surface area (Å²) in [7, 11) is 1.41. The molecule has 150 valence electrons. The third-order valence-corrected chi connectivity index (χ3v) is 4.50. The van der Waals surface area contributed by atoms with Crippen molar-refractivity contribution in [2.24, 2.45) is 0 Å². The minimum atomic E-state index is -0.549. The Morgan fingerprint density at radius 3 is 2.34 bits per heavy atom. The fourth-order valence-corrected chi connectivity index (χ4v) is 3.05. The van der Waals surface area contributed by atoms with Crippen LogP contribution in [0.25, 0.3) is 0 Å². The number of nitro groups is 1. The van der Waals surface area contributed by atoms with Gasteiger partial charge in [0.25, 0.3) is 17.5 Å². The van der Waals surface area contributed by atoms with E-state index in [2.05, 4.69) is 0 Å². The largest absolute Gasteiger partial charge is 0.496 e. The van der Waals surface area contributed by atoms with E-state index < -0.39 is 10.9 Å². The summed E-state index contributed by atoms with van der Waals surface area (Å²) >= 11 is 0. The molecule has 0 aromatic heterocycles. The van der Waals surface area contributed by atoms with Gasteiger partial charge in [-0.1, -0.05) is 12.1 Å². The Morgan fingerprint density at radius 1 is 1.10 bits per heavy atom. The summed E-state index contributed by atoms with van der Waals surface area (Å²) in [4.78, 5) is 48.0. The number of amides is 2. The first-order chi connectivity index (χ1) is 13.9. The number of non-ortho nitro benzene ring substituents is 1. The zero-order valence-corrected chi connectivity index (χ0v) is 15.6. The van der Waals surface area contributed by atoms with Gasteiger partial charge >= 0.3 is 5.97 Å². The van der Waals surface area contributed by atoms with Crippen LogP contribution < -0.4 is 4.74 Å². The highest BCUT2D eigenvalue weighted by atomic mass is 16.6. The van der Waals surface area contributed by atoms with Gasteiger partial charge in [0, 0.05) is 30.7 Å². The molecule has 0 bridgehead atoms. The van der Waals surface area contributed by atoms with Crippen LogP contribution in [0.3, 0.4) is 0 Å². The Kier molecular flexibility index (Phi) is 5.87. The van der Waals surface area contributed by atoms with Crippen molar-refractivity contribution in [3.8, 4) is 5.75 Å². The maximum Gasteiger partial charge on any atom is 0.306 e. The Labute approximate surface area is 166 Å². The van der Waals surface area contributed by atoms with Crippen molar-refractivity contribution >= 4 is 23.5 Å². The minimum Gasteiger partial charge on any atom is -0.496 e. The fraction of sp³-hybridized carbons (Fsp3) is 0.250. The van der Waals surface area contributed by atoms with Crippen LogP contribution in [0.2, 0.25) is 0 Å². The van der Waals surface area contributed by atoms with Gasteiger partial charge in [-0.3, -0.25) is 29.4 Å². The molecule has 0 radical (unpaired) electrons. The summed E-state index contributed by atoms with van der Waals surface area (Å²) in [5.74, 6) is -0.926. The second-order valence-corrected chi connectivity index (χ2v) is 6.33. The van der Waals surface area contributed by atoms with Gasteiger partial charge in [-0.05, 0) is 24.6 Å². The molecule has 2 aromatic carbocycles. The van der Waals surface area contributed by atoms with E-state index in [1.807, 2.05) is 0 Å². The number of imide groups is 1. The Morgan fingerprint density at radius 2 is 1.76 bits per heavy atom. The smallest absolute Gasteiger partial charge is 0.306 e. The van der Waals surface area contributed by atoms with Crippen molar-refractivity contribution in [2.45, 2.75) is 19.4 Å². The van der Waals surface area contributed by atoms with Crippen LogP contribution in [0.15, 0.2) is 42.5 Å². The van der Waals surface area contributed by atoms with Gasteiger partial charge in [0.15, 0.2) is 0 Å². The number of esters is 1. The highest BCUT2D eigenvalue weighted by Gasteiger charge is 2.34. The van der Waals surface area contributed by atoms with Crippen molar-refractivity contribution in [2.75, 3.05) is 13.7 Å². The molecule has 0 saturated carbocycles. The van der Waals surface area contributed by atoms with E-state index >= 15 is 0 Å². The van der Waals surface area contributed by atoms with E-state index in [1.54, 1.807) is 24.3 Å². The molecule has 9 heteroatoms. The summed E-state index contributed by atoms with van der Waals surface area (Å²) in [6.45, 7) is -0.0850. The van der Waals surface area contributed by atoms with Crippen LogP contribution in [-0.4, -0.2) is 41.3 Å². The number of carbonyl (C=O) groups is 3. The molecule has 2 amide bonds. The second-order valence-electron chi connectivity index (χ2n) is 6.33. The lowest BCUT2D eigenvalue weighted by molar-refractivity contribution is -0.385. The van der Waals surface area contributed by atoms with Gasteiger partial charge in [0.05, 0.1) is 23.2 Å². The number of rotatable bonds is 8. The molecule has 0 unspecified atom stereocenters. The molecule has 29 heavy (non-hydrogen) atoms. The van der Waals surface area contributed by atoms with E-state index in [1.165, 1.54) is 25.3 Å². The third-order valence-electron chi connectivity index (χ3n) is 4.50. The first-order valence-electron chi connectivity index (χ1n) is 8.84. The number of ether oxygens (including phenoxy) is 2. The zero-order chi connectivity index (χ0) is 21.0. The first kappa shape index (κ1) is 20.0. The number of fused-ring (bicyclic) bond motifs is 1. The van der Waals surface area contributed by atoms with Gasteiger partial charge in [0.1, 0.15) is 12.4 Å². The van der Waals surface area contributed by atoms with Crippen LogP contribution in [0.1, 0.15) is 39.1 Å². The average Bonchev–Trinajstić information content (AvgIpc) is 2.97. The molecule has 2 aromatic rings. The van der Waals surface area contributed by atoms with Gasteiger partial charge in [0.2, 0.25) is 0 Å². The van der Waals surface area contributed by atoms with E-state index in [0.717, 1.165) is 4.90 Å². The lowest BCUT2D eigenvalue weighted by Gasteiger charge is -2.13. The monoisotopic (exact) mass is 398 g/mol. The Hall–Kier alpha value is -3.75. The normalized spacial score (nSPS) is 12.7. The molecule has 0 N–H and O–H groups in total. The maximum absolute atomic E-state index is 12.3. The van der Waals surface area contributed by atoms with Crippen LogP contribution in [0, 0.1) is 10.1 Å². The van der Waals surface area contributed by atoms with Crippen molar-refractivity contribution in [1.29, 1.82) is 0 Å². The fourth-order valence-electron chi connectivity index (χ4n) is 3.05. The number of nitrogens with zero attached hydrogens (tertiary/aromatic N) is 2. The number of hydrogen-bond donors (Lipinski definition) is 0. The van der Waals surface area contributed by atoms with Crippen LogP contribution >= 0.6 is 0 Å². The molecule has 9 nitrogen and oxygen atoms in total. The Balaban J connectivity index is 1.52. The van der Waals surface area contributed by atoms with Crippen molar-refractivity contribution in [3.63, 3.8) is 0 Å². The molecule has 0 spiro atoms. The lowest BCUT2D eigenvalue weighted by Crippen LogP contribution is -2.31. The highest BCUT2D eigenvalue weighted by Crippen LogP contribution is 2.25. The van der Waals surface area contributed by atoms with E-state index in [-0.39, 0.29) is 43.5 Å². The topological polar surface area (TPSA) is 116 Å². The van der Waals surface area contributed by atoms with Gasteiger partial charge < -0.3 is 9.47 Å². The van der Waals surface area contributed by atoms with Crippen LogP contribution in [-0.2, 0) is 16.1 Å². The lowest BCUT2D eigenvalue weighted by atomic mass is 10.1. The van der Waals surface area contributed by atoms with E-state index in [9.17, 15) is 24.5 Å². The number of methoxy groups -OCH3 is 1. The van der Waals surface area contributed by atoms with E-state index in [4.69, 9.17) is 9.47 Å². The number of hydrogen-bond acceptors (Lipinski definition) is 7. The molecule has 1 heterocycles. The molecule has 0 fully saturated rings. The standard InChI is InChI=1S/C20H18N2O7/c1-28-17-9-8-14(22(26)27)11-13(17)12-29-18(23)7-4-10-21-19(24)15-5-2-3-6-16(15)20(21)25/h2-3,5-6,8-9,11H,4,7,10,12H2,1H3. The van der Waals surface area contributed by atoms with Crippen LogP contribution in [0.5, 0.6) is 5.75 Å². The molecule has 3 rings (SSSR count). The third kappa shape index (κ3) is 4.23. The number of carbonyl (C=O) groups excluding carboxylic acids is 3. The minimum absolute atomic E-state index is 0.00928. The van der Waals surface area contributed by atoms with Crippen LogP contribution in [0.4, 0.5) is 5.69 Å². The van der Waals surface area contributed by atoms with E-state index in [0.29, 0.717) is 22.4 Å². The first-order valence-corrected chi connectivity index (χ1v) is 8.84. The number of nitro benzene ring substituents is 1. The predicted molar refractivity (Wildman–Crippen MR) is 100 cm³/mol. The molecular formula is C20H18N2O7. The molecule has 1 aliphatic heterocycles. The van der Waals surface area contributed by atoms with Gasteiger partial charge in [-0.15, -0.1) is 0 Å². The molecule has 0 atom stereocenters. The van der Waals surface area contributed by atoms with Gasteiger partial charge in [-0.2, -0.15) is 0 Å². The molecule has 0 saturated heterocycles. The summed E-state index contributed by atoms with van der Waals surface area (Å²) in [6, 6.07) is 10.6.